The number of halogens is 2. The van der Waals surface area contributed by atoms with Crippen LogP contribution in [-0.2, 0) is 13.0 Å². The van der Waals surface area contributed by atoms with Crippen molar-refractivity contribution in [1.29, 1.82) is 0 Å². The number of hydrogen-bond acceptors (Lipinski definition) is 3. The maximum Gasteiger partial charge on any atom is 0.124 e. The van der Waals surface area contributed by atoms with Crippen molar-refractivity contribution >= 4 is 11.6 Å². The Morgan fingerprint density at radius 2 is 1.81 bits per heavy atom. The molecule has 1 aliphatic heterocycles. The molecule has 0 unspecified atom stereocenters. The standard InChI is InChI=1S/C21H26ClFN2O/c1-24-11-13-25(14-12-24)10-4-6-17-5-2-3-7-21(17)26-16-18-8-9-19(23)15-20(18)22/h2-3,5,7-9,15H,4,6,10-14,16H2,1H3. The summed E-state index contributed by atoms with van der Waals surface area (Å²) in [6.45, 7) is 6.06. The van der Waals surface area contributed by atoms with E-state index in [1.165, 1.54) is 17.7 Å². The van der Waals surface area contributed by atoms with E-state index in [9.17, 15) is 4.39 Å². The molecular weight excluding hydrogens is 351 g/mol. The van der Waals surface area contributed by atoms with Crippen LogP contribution in [0.1, 0.15) is 17.5 Å². The van der Waals surface area contributed by atoms with Crippen molar-refractivity contribution in [2.45, 2.75) is 19.4 Å². The molecule has 0 aromatic heterocycles. The zero-order chi connectivity index (χ0) is 18.4. The number of para-hydroxylation sites is 1. The molecule has 0 atom stereocenters. The minimum atomic E-state index is -0.331. The number of aryl methyl sites for hydroxylation is 1. The number of hydrogen-bond donors (Lipinski definition) is 0. The Kier molecular flexibility index (Phi) is 6.89. The zero-order valence-corrected chi connectivity index (χ0v) is 16.0. The average molecular weight is 377 g/mol. The summed E-state index contributed by atoms with van der Waals surface area (Å²) in [4.78, 5) is 4.90. The molecule has 5 heteroatoms. The van der Waals surface area contributed by atoms with E-state index in [1.54, 1.807) is 6.07 Å². The summed E-state index contributed by atoms with van der Waals surface area (Å²) in [6, 6.07) is 12.5. The van der Waals surface area contributed by atoms with Gasteiger partial charge in [0, 0.05) is 31.7 Å². The number of likely N-dealkylation sites (N-methyl/N-ethyl adjacent to an activating group) is 1. The maximum absolute atomic E-state index is 13.2. The molecule has 1 aliphatic rings. The molecule has 0 saturated carbocycles. The Balaban J connectivity index is 1.52. The molecule has 0 radical (unpaired) electrons. The van der Waals surface area contributed by atoms with Crippen molar-refractivity contribution in [3.8, 4) is 5.75 Å². The normalized spacial score (nSPS) is 16.0. The fourth-order valence-electron chi connectivity index (χ4n) is 3.21. The van der Waals surface area contributed by atoms with Crippen LogP contribution >= 0.6 is 11.6 Å². The highest BCUT2D eigenvalue weighted by atomic mass is 35.5. The Bertz CT molecular complexity index is 717. The van der Waals surface area contributed by atoms with Crippen molar-refractivity contribution in [2.24, 2.45) is 0 Å². The van der Waals surface area contributed by atoms with Gasteiger partial charge in [-0.15, -0.1) is 0 Å². The highest BCUT2D eigenvalue weighted by Crippen LogP contribution is 2.23. The topological polar surface area (TPSA) is 15.7 Å². The minimum Gasteiger partial charge on any atom is -0.489 e. The molecule has 1 heterocycles. The molecule has 2 aromatic carbocycles. The number of piperazine rings is 1. The van der Waals surface area contributed by atoms with E-state index in [0.29, 0.717) is 11.6 Å². The third-order valence-electron chi connectivity index (χ3n) is 4.89. The Hall–Kier alpha value is -1.62. The predicted molar refractivity (Wildman–Crippen MR) is 104 cm³/mol. The fraction of sp³-hybridized carbons (Fsp3) is 0.429. The van der Waals surface area contributed by atoms with Crippen LogP contribution in [0.25, 0.3) is 0 Å². The van der Waals surface area contributed by atoms with Gasteiger partial charge in [-0.05, 0) is 50.2 Å². The molecule has 26 heavy (non-hydrogen) atoms. The van der Waals surface area contributed by atoms with Gasteiger partial charge in [0.05, 0.1) is 5.02 Å². The van der Waals surface area contributed by atoms with E-state index in [2.05, 4.69) is 22.9 Å². The molecule has 0 aliphatic carbocycles. The quantitative estimate of drug-likeness (QED) is 0.718. The molecule has 140 valence electrons. The Morgan fingerprint density at radius 1 is 1.04 bits per heavy atom. The first kappa shape index (κ1) is 19.2. The van der Waals surface area contributed by atoms with Crippen molar-refractivity contribution in [3.63, 3.8) is 0 Å². The Morgan fingerprint density at radius 3 is 2.58 bits per heavy atom. The predicted octanol–water partition coefficient (Wildman–Crippen LogP) is 4.24. The molecule has 0 spiro atoms. The first-order chi connectivity index (χ1) is 12.6. The van der Waals surface area contributed by atoms with E-state index in [-0.39, 0.29) is 5.82 Å². The van der Waals surface area contributed by atoms with Gasteiger partial charge >= 0.3 is 0 Å². The van der Waals surface area contributed by atoms with Crippen LogP contribution in [0.15, 0.2) is 42.5 Å². The van der Waals surface area contributed by atoms with Gasteiger partial charge in [-0.2, -0.15) is 0 Å². The second-order valence-electron chi connectivity index (χ2n) is 6.88. The number of nitrogens with zero attached hydrogens (tertiary/aromatic N) is 2. The van der Waals surface area contributed by atoms with E-state index in [1.807, 2.05) is 18.2 Å². The van der Waals surface area contributed by atoms with E-state index < -0.39 is 0 Å². The third-order valence-corrected chi connectivity index (χ3v) is 5.24. The van der Waals surface area contributed by atoms with Crippen molar-refractivity contribution in [3.05, 3.63) is 64.4 Å². The molecule has 0 bridgehead atoms. The number of rotatable bonds is 7. The molecule has 3 rings (SSSR count). The molecule has 3 nitrogen and oxygen atoms in total. The lowest BCUT2D eigenvalue weighted by Crippen LogP contribution is -2.44. The lowest BCUT2D eigenvalue weighted by molar-refractivity contribution is 0.153. The lowest BCUT2D eigenvalue weighted by Gasteiger charge is -2.32. The zero-order valence-electron chi connectivity index (χ0n) is 15.3. The van der Waals surface area contributed by atoms with Gasteiger partial charge in [0.15, 0.2) is 0 Å². The van der Waals surface area contributed by atoms with Gasteiger partial charge < -0.3 is 14.5 Å². The van der Waals surface area contributed by atoms with E-state index in [4.69, 9.17) is 16.3 Å². The van der Waals surface area contributed by atoms with Gasteiger partial charge in [0.2, 0.25) is 0 Å². The molecule has 1 fully saturated rings. The maximum atomic E-state index is 13.2. The van der Waals surface area contributed by atoms with Crippen LogP contribution < -0.4 is 4.74 Å². The van der Waals surface area contributed by atoms with Crippen LogP contribution in [0.2, 0.25) is 5.02 Å². The lowest BCUT2D eigenvalue weighted by atomic mass is 10.1. The molecule has 1 saturated heterocycles. The van der Waals surface area contributed by atoms with Gasteiger partial charge in [-0.3, -0.25) is 0 Å². The summed E-state index contributed by atoms with van der Waals surface area (Å²) in [6.07, 6.45) is 2.10. The van der Waals surface area contributed by atoms with Crippen LogP contribution in [-0.4, -0.2) is 49.6 Å². The van der Waals surface area contributed by atoms with Gasteiger partial charge in [-0.1, -0.05) is 35.9 Å². The highest BCUT2D eigenvalue weighted by molar-refractivity contribution is 6.31. The molecule has 2 aromatic rings. The van der Waals surface area contributed by atoms with Crippen LogP contribution in [0.5, 0.6) is 5.75 Å². The third kappa shape index (κ3) is 5.44. The molecular formula is C21H26ClFN2O. The van der Waals surface area contributed by atoms with Crippen molar-refractivity contribution < 1.29 is 9.13 Å². The van der Waals surface area contributed by atoms with E-state index >= 15 is 0 Å². The van der Waals surface area contributed by atoms with Crippen molar-refractivity contribution in [1.82, 2.24) is 9.80 Å². The first-order valence-electron chi connectivity index (χ1n) is 9.17. The second-order valence-corrected chi connectivity index (χ2v) is 7.29. The fourth-order valence-corrected chi connectivity index (χ4v) is 3.43. The summed E-state index contributed by atoms with van der Waals surface area (Å²) in [5.74, 6) is 0.550. The van der Waals surface area contributed by atoms with Crippen LogP contribution in [0, 0.1) is 5.82 Å². The SMILES string of the molecule is CN1CCN(CCCc2ccccc2OCc2ccc(F)cc2Cl)CC1. The summed E-state index contributed by atoms with van der Waals surface area (Å²) in [5, 5.41) is 0.401. The van der Waals surface area contributed by atoms with Crippen LogP contribution in [0.4, 0.5) is 4.39 Å². The highest BCUT2D eigenvalue weighted by Gasteiger charge is 2.13. The second kappa shape index (κ2) is 9.36. The summed E-state index contributed by atoms with van der Waals surface area (Å²) in [7, 11) is 2.18. The monoisotopic (exact) mass is 376 g/mol. The Labute approximate surface area is 160 Å². The number of benzene rings is 2. The largest absolute Gasteiger partial charge is 0.489 e. The smallest absolute Gasteiger partial charge is 0.124 e. The van der Waals surface area contributed by atoms with Crippen LogP contribution in [0.3, 0.4) is 0 Å². The number of ether oxygens (including phenoxy) is 1. The van der Waals surface area contributed by atoms with Gasteiger partial charge in [0.1, 0.15) is 18.2 Å². The molecule has 0 amide bonds. The average Bonchev–Trinajstić information content (AvgIpc) is 2.64. The van der Waals surface area contributed by atoms with E-state index in [0.717, 1.165) is 56.9 Å². The van der Waals surface area contributed by atoms with Gasteiger partial charge in [-0.25, -0.2) is 4.39 Å². The summed E-state index contributed by atoms with van der Waals surface area (Å²) in [5.41, 5.74) is 2.00. The minimum absolute atomic E-state index is 0.331. The molecule has 0 N–H and O–H groups in total. The first-order valence-corrected chi connectivity index (χ1v) is 9.55. The summed E-state index contributed by atoms with van der Waals surface area (Å²) < 4.78 is 19.1. The summed E-state index contributed by atoms with van der Waals surface area (Å²) >= 11 is 6.09. The van der Waals surface area contributed by atoms with Crippen molar-refractivity contribution in [2.75, 3.05) is 39.8 Å². The van der Waals surface area contributed by atoms with Gasteiger partial charge in [0.25, 0.3) is 0 Å².